The molecule has 0 amide bonds. The summed E-state index contributed by atoms with van der Waals surface area (Å²) < 4.78 is 5.76. The number of hydrogen-bond donors (Lipinski definition) is 1. The zero-order chi connectivity index (χ0) is 17.0. The molecule has 128 valence electrons. The summed E-state index contributed by atoms with van der Waals surface area (Å²) in [6.45, 7) is 4.36. The molecular weight excluding hydrogens is 326 g/mol. The molecule has 6 heteroatoms. The lowest BCUT2D eigenvalue weighted by molar-refractivity contribution is -0.0623. The Morgan fingerprint density at radius 3 is 3.04 bits per heavy atom. The van der Waals surface area contributed by atoms with Gasteiger partial charge in [-0.05, 0) is 50.6 Å². The molecule has 5 nitrogen and oxygen atoms in total. The van der Waals surface area contributed by atoms with Crippen molar-refractivity contribution in [2.24, 2.45) is 0 Å². The van der Waals surface area contributed by atoms with Gasteiger partial charge in [0, 0.05) is 24.3 Å². The van der Waals surface area contributed by atoms with Gasteiger partial charge in [0.2, 0.25) is 0 Å². The van der Waals surface area contributed by atoms with Gasteiger partial charge in [0.05, 0.1) is 5.69 Å². The third-order valence-corrected chi connectivity index (χ3v) is 4.39. The van der Waals surface area contributed by atoms with Gasteiger partial charge in [0.15, 0.2) is 0 Å². The molecule has 1 saturated heterocycles. The summed E-state index contributed by atoms with van der Waals surface area (Å²) in [5.41, 5.74) is 0.116. The van der Waals surface area contributed by atoms with E-state index in [4.69, 9.17) is 16.3 Å². The topological polar surface area (TPSA) is 58.5 Å². The van der Waals surface area contributed by atoms with E-state index in [1.54, 1.807) is 18.3 Å². The van der Waals surface area contributed by atoms with E-state index in [1.165, 1.54) is 0 Å². The van der Waals surface area contributed by atoms with Gasteiger partial charge in [0.1, 0.15) is 23.8 Å². The van der Waals surface area contributed by atoms with E-state index in [0.29, 0.717) is 23.9 Å². The predicted octanol–water partition coefficient (Wildman–Crippen LogP) is 2.84. The van der Waals surface area contributed by atoms with Crippen molar-refractivity contribution in [3.8, 4) is 5.75 Å². The van der Waals surface area contributed by atoms with Crippen molar-refractivity contribution in [1.29, 1.82) is 0 Å². The Kier molecular flexibility index (Phi) is 5.33. The number of piperidine rings is 1. The van der Waals surface area contributed by atoms with E-state index in [0.717, 1.165) is 30.9 Å². The Bertz CT molecular complexity index is 697. The van der Waals surface area contributed by atoms with Crippen molar-refractivity contribution in [1.82, 2.24) is 14.9 Å². The van der Waals surface area contributed by atoms with Crippen LogP contribution in [0, 0.1) is 6.92 Å². The van der Waals surface area contributed by atoms with Gasteiger partial charge in [-0.2, -0.15) is 0 Å². The van der Waals surface area contributed by atoms with Crippen LogP contribution in [-0.2, 0) is 6.54 Å². The van der Waals surface area contributed by atoms with Crippen molar-refractivity contribution in [2.75, 3.05) is 19.7 Å². The molecule has 0 spiro atoms. The largest absolute Gasteiger partial charge is 0.490 e. The van der Waals surface area contributed by atoms with E-state index in [-0.39, 0.29) is 6.61 Å². The molecule has 0 radical (unpaired) electrons. The second kappa shape index (κ2) is 7.47. The second-order valence-corrected chi connectivity index (χ2v) is 6.82. The molecule has 1 N–H and O–H groups in total. The molecule has 1 unspecified atom stereocenters. The molecular formula is C18H22ClN3O2. The molecule has 0 saturated carbocycles. The first-order valence-corrected chi connectivity index (χ1v) is 8.52. The van der Waals surface area contributed by atoms with Gasteiger partial charge in [-0.25, -0.2) is 9.97 Å². The monoisotopic (exact) mass is 347 g/mol. The van der Waals surface area contributed by atoms with Crippen molar-refractivity contribution >= 4 is 11.6 Å². The van der Waals surface area contributed by atoms with Crippen LogP contribution < -0.4 is 4.74 Å². The van der Waals surface area contributed by atoms with E-state index in [9.17, 15) is 5.11 Å². The Morgan fingerprint density at radius 1 is 1.38 bits per heavy atom. The van der Waals surface area contributed by atoms with Crippen LogP contribution in [-0.4, -0.2) is 45.3 Å². The summed E-state index contributed by atoms with van der Waals surface area (Å²) in [6, 6.07) is 9.17. The highest BCUT2D eigenvalue weighted by Crippen LogP contribution is 2.25. The quantitative estimate of drug-likeness (QED) is 0.901. The van der Waals surface area contributed by atoms with Crippen LogP contribution in [0.4, 0.5) is 0 Å². The van der Waals surface area contributed by atoms with E-state index in [2.05, 4.69) is 14.9 Å². The summed E-state index contributed by atoms with van der Waals surface area (Å²) in [6.07, 6.45) is 3.43. The zero-order valence-corrected chi connectivity index (χ0v) is 14.5. The van der Waals surface area contributed by atoms with Gasteiger partial charge < -0.3 is 9.84 Å². The number of hydrogen-bond acceptors (Lipinski definition) is 5. The number of ether oxygens (including phenoxy) is 1. The first-order valence-electron chi connectivity index (χ1n) is 8.14. The predicted molar refractivity (Wildman–Crippen MR) is 93.2 cm³/mol. The van der Waals surface area contributed by atoms with Crippen LogP contribution in [0.2, 0.25) is 5.02 Å². The number of aryl methyl sites for hydroxylation is 1. The minimum absolute atomic E-state index is 0.257. The first-order chi connectivity index (χ1) is 11.5. The number of halogens is 1. The molecule has 1 aromatic carbocycles. The SMILES string of the molecule is Cc1nccc(CN2CCCC(O)(COc3cccc(Cl)c3)C2)n1. The lowest BCUT2D eigenvalue weighted by Crippen LogP contribution is -2.51. The fraction of sp³-hybridized carbons (Fsp3) is 0.444. The van der Waals surface area contributed by atoms with E-state index < -0.39 is 5.60 Å². The number of benzene rings is 1. The molecule has 1 aliphatic rings. The number of nitrogens with zero attached hydrogens (tertiary/aromatic N) is 3. The number of β-amino-alcohol motifs (C(OH)–C–C–N with tert-alkyl or cyclic N) is 1. The molecule has 3 rings (SSSR count). The number of aliphatic hydroxyl groups is 1. The molecule has 1 fully saturated rings. The number of likely N-dealkylation sites (tertiary alicyclic amines) is 1. The van der Waals surface area contributed by atoms with Gasteiger partial charge in [-0.3, -0.25) is 4.90 Å². The Balaban J connectivity index is 1.59. The Morgan fingerprint density at radius 2 is 2.25 bits per heavy atom. The summed E-state index contributed by atoms with van der Waals surface area (Å²) >= 11 is 5.96. The molecule has 1 aliphatic heterocycles. The molecule has 0 aliphatic carbocycles. The molecule has 2 aromatic rings. The minimum Gasteiger partial charge on any atom is -0.490 e. The normalized spacial score (nSPS) is 21.6. The van der Waals surface area contributed by atoms with Gasteiger partial charge >= 0.3 is 0 Å². The summed E-state index contributed by atoms with van der Waals surface area (Å²) in [7, 11) is 0. The Hall–Kier alpha value is -1.69. The van der Waals surface area contributed by atoms with Crippen LogP contribution in [0.1, 0.15) is 24.4 Å². The van der Waals surface area contributed by atoms with Gasteiger partial charge in [-0.15, -0.1) is 0 Å². The molecule has 1 aromatic heterocycles. The fourth-order valence-electron chi connectivity index (χ4n) is 3.06. The maximum atomic E-state index is 10.9. The smallest absolute Gasteiger partial charge is 0.125 e. The molecule has 1 atom stereocenters. The highest BCUT2D eigenvalue weighted by molar-refractivity contribution is 6.30. The number of aromatic nitrogens is 2. The molecule has 24 heavy (non-hydrogen) atoms. The second-order valence-electron chi connectivity index (χ2n) is 6.38. The third kappa shape index (κ3) is 4.66. The number of rotatable bonds is 5. The van der Waals surface area contributed by atoms with E-state index in [1.807, 2.05) is 25.1 Å². The maximum Gasteiger partial charge on any atom is 0.125 e. The zero-order valence-electron chi connectivity index (χ0n) is 13.8. The van der Waals surface area contributed by atoms with E-state index >= 15 is 0 Å². The molecule has 0 bridgehead atoms. The average Bonchev–Trinajstić information content (AvgIpc) is 2.53. The van der Waals surface area contributed by atoms with Gasteiger partial charge in [0.25, 0.3) is 0 Å². The van der Waals surface area contributed by atoms with Crippen molar-refractivity contribution in [2.45, 2.75) is 31.9 Å². The highest BCUT2D eigenvalue weighted by atomic mass is 35.5. The first kappa shape index (κ1) is 17.1. The van der Waals surface area contributed by atoms with Crippen LogP contribution in [0.25, 0.3) is 0 Å². The van der Waals surface area contributed by atoms with Crippen molar-refractivity contribution < 1.29 is 9.84 Å². The fourth-order valence-corrected chi connectivity index (χ4v) is 3.24. The summed E-state index contributed by atoms with van der Waals surface area (Å²) in [5.74, 6) is 1.45. The lowest BCUT2D eigenvalue weighted by atomic mass is 9.93. The summed E-state index contributed by atoms with van der Waals surface area (Å²) in [4.78, 5) is 10.8. The van der Waals surface area contributed by atoms with Crippen LogP contribution >= 0.6 is 11.6 Å². The highest BCUT2D eigenvalue weighted by Gasteiger charge is 2.34. The van der Waals surface area contributed by atoms with Crippen LogP contribution in [0.3, 0.4) is 0 Å². The van der Waals surface area contributed by atoms with Crippen molar-refractivity contribution in [3.63, 3.8) is 0 Å². The third-order valence-electron chi connectivity index (χ3n) is 4.16. The van der Waals surface area contributed by atoms with Crippen molar-refractivity contribution in [3.05, 3.63) is 53.1 Å². The lowest BCUT2D eigenvalue weighted by Gasteiger charge is -2.38. The summed E-state index contributed by atoms with van der Waals surface area (Å²) in [5, 5.41) is 11.5. The standard InChI is InChI=1S/C18H22ClN3O2/c1-14-20-8-6-16(21-14)11-22-9-3-7-18(23,12-22)13-24-17-5-2-4-15(19)10-17/h2,4-6,8,10,23H,3,7,9,11-13H2,1H3. The molecule has 2 heterocycles. The average molecular weight is 348 g/mol. The van der Waals surface area contributed by atoms with Crippen LogP contribution in [0.15, 0.2) is 36.5 Å². The minimum atomic E-state index is -0.858. The van der Waals surface area contributed by atoms with Gasteiger partial charge in [-0.1, -0.05) is 17.7 Å². The maximum absolute atomic E-state index is 10.9. The Labute approximate surface area is 147 Å². The van der Waals surface area contributed by atoms with Crippen LogP contribution in [0.5, 0.6) is 5.75 Å².